The van der Waals surface area contributed by atoms with E-state index in [1.807, 2.05) is 18.2 Å². The number of unbranched alkanes of at least 4 members (excludes halogenated alkanes) is 4. The Kier molecular flexibility index (Phi) is 19.8. The molecule has 1 aliphatic heterocycles. The molecule has 2 amide bonds. The number of carbonyl (C=O) groups excluding carboxylic acids is 3. The average Bonchev–Trinajstić information content (AvgIpc) is 3.77. The Morgan fingerprint density at radius 2 is 1.62 bits per heavy atom. The molecule has 4 rings (SSSR count). The fourth-order valence-electron chi connectivity index (χ4n) is 6.14. The van der Waals surface area contributed by atoms with Gasteiger partial charge in [-0.15, -0.1) is 0 Å². The van der Waals surface area contributed by atoms with Gasteiger partial charge in [0.1, 0.15) is 36.3 Å². The van der Waals surface area contributed by atoms with Crippen LogP contribution in [0.4, 0.5) is 5.82 Å². The second kappa shape index (κ2) is 23.8. The maximum Gasteiger partial charge on any atom is 0.481 e. The summed E-state index contributed by atoms with van der Waals surface area (Å²) in [5.41, 5.74) is 5.60. The van der Waals surface area contributed by atoms with Crippen LogP contribution >= 0.6 is 35.2 Å². The second-order valence-electron chi connectivity index (χ2n) is 15.0. The van der Waals surface area contributed by atoms with E-state index in [1.54, 1.807) is 0 Å². The highest BCUT2D eigenvalue weighted by atomic mass is 32.2. The van der Waals surface area contributed by atoms with Gasteiger partial charge in [-0.1, -0.05) is 75.2 Å². The van der Waals surface area contributed by atoms with Gasteiger partial charge in [0.25, 0.3) is 0 Å². The molecule has 0 aliphatic carbocycles. The maximum absolute atomic E-state index is 12.7. The third-order valence-corrected chi connectivity index (χ3v) is 13.5. The lowest BCUT2D eigenvalue weighted by Crippen LogP contribution is -2.46. The van der Waals surface area contributed by atoms with Crippen LogP contribution in [0.1, 0.15) is 70.6 Å². The molecule has 1 fully saturated rings. The first-order valence-corrected chi connectivity index (χ1v) is 25.2. The van der Waals surface area contributed by atoms with E-state index in [0.29, 0.717) is 12.2 Å². The van der Waals surface area contributed by atoms with Gasteiger partial charge in [-0.25, -0.2) is 28.6 Å². The molecule has 3 aromatic rings. The van der Waals surface area contributed by atoms with Crippen molar-refractivity contribution in [3.63, 3.8) is 0 Å². The average molecular weight is 970 g/mol. The van der Waals surface area contributed by atoms with Gasteiger partial charge in [-0.05, 0) is 24.8 Å². The molecule has 352 valence electrons. The van der Waals surface area contributed by atoms with Crippen LogP contribution < -0.4 is 16.4 Å². The molecule has 1 saturated heterocycles. The molecule has 3 heterocycles. The topological polar surface area (TPSA) is 364 Å². The molecule has 1 aliphatic rings. The van der Waals surface area contributed by atoms with Gasteiger partial charge in [0, 0.05) is 37.1 Å². The van der Waals surface area contributed by atoms with Crippen LogP contribution in [0, 0.1) is 5.41 Å². The first-order valence-electron chi connectivity index (χ1n) is 19.7. The Hall–Kier alpha value is -3.22. The number of amides is 2. The molecule has 2 unspecified atom stereocenters. The van der Waals surface area contributed by atoms with E-state index in [4.69, 9.17) is 19.5 Å². The number of hydrogen-bond acceptors (Lipinski definition) is 18. The van der Waals surface area contributed by atoms with Crippen molar-refractivity contribution in [3.05, 3.63) is 48.5 Å². The summed E-state index contributed by atoms with van der Waals surface area (Å²) in [7, 11) is -16.4. The molecule has 1 aromatic carbocycles. The third kappa shape index (κ3) is 17.3. The fraction of sp³-hybridized carbons (Fsp3) is 0.600. The van der Waals surface area contributed by atoms with Crippen molar-refractivity contribution in [2.75, 3.05) is 37.8 Å². The van der Waals surface area contributed by atoms with Gasteiger partial charge in [0.05, 0.1) is 19.5 Å². The second-order valence-corrected chi connectivity index (χ2v) is 20.4. The number of thioether (sulfide) groups is 1. The summed E-state index contributed by atoms with van der Waals surface area (Å²) in [5.74, 6) is -1.05. The molecule has 7 atom stereocenters. The highest BCUT2D eigenvalue weighted by Gasteiger charge is 2.50. The van der Waals surface area contributed by atoms with Crippen molar-refractivity contribution in [1.82, 2.24) is 30.2 Å². The van der Waals surface area contributed by atoms with E-state index in [9.17, 15) is 57.9 Å². The number of rotatable bonds is 27. The fourth-order valence-corrected chi connectivity index (χ4v) is 9.69. The minimum atomic E-state index is -5.57. The van der Waals surface area contributed by atoms with Crippen molar-refractivity contribution >= 4 is 69.1 Å². The van der Waals surface area contributed by atoms with Crippen LogP contribution in [0.3, 0.4) is 0 Å². The Morgan fingerprint density at radius 3 is 2.33 bits per heavy atom. The number of fused-ring (bicyclic) bond motifs is 1. The van der Waals surface area contributed by atoms with Crippen LogP contribution in [-0.4, -0.2) is 123 Å². The molecule has 0 radical (unpaired) electrons. The minimum absolute atomic E-state index is 0.0316. The summed E-state index contributed by atoms with van der Waals surface area (Å²) in [6, 6.07) is 10.3. The summed E-state index contributed by atoms with van der Waals surface area (Å²) in [4.78, 5) is 88.2. The largest absolute Gasteiger partial charge is 0.481 e. The molecule has 24 nitrogen and oxygen atoms in total. The number of aromatic nitrogens is 4. The highest BCUT2D eigenvalue weighted by molar-refractivity contribution is 8.13. The number of nitrogens with zero attached hydrogens (tertiary/aromatic N) is 4. The number of ether oxygens (including phenoxy) is 1. The van der Waals surface area contributed by atoms with Crippen LogP contribution in [0.25, 0.3) is 11.2 Å². The molecule has 63 heavy (non-hydrogen) atoms. The Balaban J connectivity index is 1.13. The number of benzene rings is 1. The van der Waals surface area contributed by atoms with Crippen molar-refractivity contribution in [2.45, 2.75) is 95.9 Å². The monoisotopic (exact) mass is 969 g/mol. The number of phosphoric ester groups is 3. The van der Waals surface area contributed by atoms with Gasteiger partial charge >= 0.3 is 23.5 Å². The number of hydrogen-bond donors (Lipinski definition) is 9. The number of phosphoric acid groups is 3. The Labute approximate surface area is 366 Å². The maximum atomic E-state index is 12.7. The SMILES string of the molecule is CC(C)(COP(=O)(O)OP(=O)(O)OC[C@H]1O[C@@H](n2cnc3c(N)ncnc32)[C@H](O)[C@@H]1OP(=O)(O)O)[C@@H](O)C(=O)NCCC(=O)NCCSC(=O)CCCCCCCc1ccccc1. The highest BCUT2D eigenvalue weighted by Crippen LogP contribution is 2.61. The predicted molar refractivity (Wildman–Crippen MR) is 225 cm³/mol. The van der Waals surface area contributed by atoms with Gasteiger partial charge in [-0.3, -0.25) is 32.5 Å². The van der Waals surface area contributed by atoms with Crippen LogP contribution in [0.15, 0.2) is 43.0 Å². The molecular formula is C35H54N7O17P3S. The van der Waals surface area contributed by atoms with Crippen LogP contribution in [0.5, 0.6) is 0 Å². The summed E-state index contributed by atoms with van der Waals surface area (Å²) < 4.78 is 62.3. The van der Waals surface area contributed by atoms with Gasteiger partial charge in [-0.2, -0.15) is 4.31 Å². The van der Waals surface area contributed by atoms with Gasteiger partial charge < -0.3 is 50.9 Å². The number of nitrogen functional groups attached to an aromatic ring is 1. The molecule has 0 bridgehead atoms. The lowest BCUT2D eigenvalue weighted by Gasteiger charge is -2.30. The van der Waals surface area contributed by atoms with E-state index in [1.165, 1.54) is 19.4 Å². The number of aliphatic hydroxyl groups excluding tert-OH is 2. The van der Waals surface area contributed by atoms with Gasteiger partial charge in [0.15, 0.2) is 22.8 Å². The summed E-state index contributed by atoms with van der Waals surface area (Å²) >= 11 is 1.14. The number of nitrogens with one attached hydrogen (secondary N) is 2. The third-order valence-electron chi connectivity index (χ3n) is 9.45. The lowest BCUT2D eigenvalue weighted by atomic mass is 9.87. The summed E-state index contributed by atoms with van der Waals surface area (Å²) in [5, 5.41) is 26.6. The molecule has 10 N–H and O–H groups in total. The van der Waals surface area contributed by atoms with E-state index >= 15 is 0 Å². The standard InChI is InChI=1S/C35H54N7O17P3S/c1-35(2,30(46)33(47)38-16-15-25(43)37-17-18-63-26(44)14-10-5-3-4-7-11-23-12-8-6-9-13-23)20-56-62(53,54)59-61(51,52)55-19-24-29(58-60(48,49)50)28(45)34(57-24)42-22-41-27-31(36)39-21-40-32(27)42/h6,8-9,12-13,21-22,24,28-30,34,45-46H,3-5,7,10-11,14-20H2,1-2H3,(H,37,43)(H,38,47)(H,51,52)(H,53,54)(H2,36,39,40)(H2,48,49,50)/t24-,28-,29-,30+,34-/m1/s1. The van der Waals surface area contributed by atoms with E-state index in [-0.39, 0.29) is 41.6 Å². The molecule has 28 heteroatoms. The number of carbonyl (C=O) groups is 3. The zero-order chi connectivity index (χ0) is 46.4. The summed E-state index contributed by atoms with van der Waals surface area (Å²) in [6.45, 7) is 0.543. The lowest BCUT2D eigenvalue weighted by molar-refractivity contribution is -0.137. The Morgan fingerprint density at radius 1 is 0.937 bits per heavy atom. The molecular weight excluding hydrogens is 915 g/mol. The quantitative estimate of drug-likeness (QED) is 0.0391. The normalized spacial score (nSPS) is 20.5. The van der Waals surface area contributed by atoms with E-state index in [0.717, 1.165) is 67.5 Å². The molecule has 0 saturated carbocycles. The first-order chi connectivity index (χ1) is 29.6. The van der Waals surface area contributed by atoms with Gasteiger partial charge in [0.2, 0.25) is 11.8 Å². The molecule has 2 aromatic heterocycles. The number of aryl methyl sites for hydroxylation is 1. The smallest absolute Gasteiger partial charge is 0.386 e. The predicted octanol–water partition coefficient (Wildman–Crippen LogP) is 2.25. The van der Waals surface area contributed by atoms with Crippen molar-refractivity contribution in [1.29, 1.82) is 0 Å². The van der Waals surface area contributed by atoms with Crippen LogP contribution in [-0.2, 0) is 57.1 Å². The van der Waals surface area contributed by atoms with Crippen molar-refractivity contribution in [3.8, 4) is 0 Å². The molecule has 0 spiro atoms. The zero-order valence-electron chi connectivity index (χ0n) is 34.4. The number of aliphatic hydroxyl groups is 2. The number of nitrogens with two attached hydrogens (primary N) is 1. The van der Waals surface area contributed by atoms with Crippen molar-refractivity contribution < 1.29 is 80.5 Å². The zero-order valence-corrected chi connectivity index (χ0v) is 37.9. The van der Waals surface area contributed by atoms with E-state index < -0.39 is 84.6 Å². The Bertz CT molecular complexity index is 2130. The van der Waals surface area contributed by atoms with E-state index in [2.05, 4.69) is 46.6 Å². The number of imidazole rings is 1. The minimum Gasteiger partial charge on any atom is -0.386 e. The first kappa shape index (κ1) is 52.4. The number of anilines is 1. The summed E-state index contributed by atoms with van der Waals surface area (Å²) in [6.07, 6.45) is -0.345. The van der Waals surface area contributed by atoms with Crippen LogP contribution in [0.2, 0.25) is 0 Å². The van der Waals surface area contributed by atoms with Crippen molar-refractivity contribution in [2.24, 2.45) is 5.41 Å².